The molecule has 126 valence electrons. The Balaban J connectivity index is 2.61. The van der Waals surface area contributed by atoms with Crippen LogP contribution in [0.4, 0.5) is 0 Å². The summed E-state index contributed by atoms with van der Waals surface area (Å²) in [6, 6.07) is 0.743. The molecule has 0 aromatic heterocycles. The van der Waals surface area contributed by atoms with E-state index in [4.69, 9.17) is 0 Å². The van der Waals surface area contributed by atoms with Crippen molar-refractivity contribution >= 4 is 0 Å². The fourth-order valence-corrected chi connectivity index (χ4v) is 4.67. The molecule has 1 N–H and O–H groups in total. The quantitative estimate of drug-likeness (QED) is 0.617. The molecule has 0 radical (unpaired) electrons. The van der Waals surface area contributed by atoms with Gasteiger partial charge in [-0.1, -0.05) is 48.5 Å². The van der Waals surface area contributed by atoms with Crippen molar-refractivity contribution in [1.29, 1.82) is 0 Å². The molecule has 0 bridgehead atoms. The van der Waals surface area contributed by atoms with Crippen molar-refractivity contribution in [3.05, 3.63) is 0 Å². The van der Waals surface area contributed by atoms with E-state index in [2.05, 4.69) is 53.8 Å². The van der Waals surface area contributed by atoms with Crippen LogP contribution in [0.15, 0.2) is 0 Å². The van der Waals surface area contributed by atoms with Crippen LogP contribution < -0.4 is 5.32 Å². The second-order valence-corrected chi connectivity index (χ2v) is 9.34. The van der Waals surface area contributed by atoms with E-state index in [0.717, 1.165) is 29.7 Å². The van der Waals surface area contributed by atoms with E-state index in [9.17, 15) is 0 Å². The summed E-state index contributed by atoms with van der Waals surface area (Å²) >= 11 is 0. The Kier molecular flexibility index (Phi) is 7.74. The molecule has 0 aromatic carbocycles. The zero-order valence-corrected chi connectivity index (χ0v) is 15.8. The number of hydrogen-bond acceptors (Lipinski definition) is 1. The smallest absolute Gasteiger partial charge is 0.00980 e. The summed E-state index contributed by atoms with van der Waals surface area (Å²) in [5.41, 5.74) is 0.460. The van der Waals surface area contributed by atoms with Gasteiger partial charge in [-0.15, -0.1) is 0 Å². The number of hydrogen-bond donors (Lipinski definition) is 1. The molecular weight excluding hydrogens is 254 g/mol. The highest BCUT2D eigenvalue weighted by Gasteiger charge is 2.31. The van der Waals surface area contributed by atoms with Gasteiger partial charge >= 0.3 is 0 Å². The molecular formula is C20H41N. The number of rotatable bonds is 7. The molecule has 4 atom stereocenters. The van der Waals surface area contributed by atoms with Crippen molar-refractivity contribution in [3.8, 4) is 0 Å². The van der Waals surface area contributed by atoms with Gasteiger partial charge in [-0.2, -0.15) is 0 Å². The van der Waals surface area contributed by atoms with Crippen LogP contribution in [-0.2, 0) is 0 Å². The van der Waals surface area contributed by atoms with E-state index in [1.165, 1.54) is 45.1 Å². The third-order valence-electron chi connectivity index (χ3n) is 5.06. The maximum absolute atomic E-state index is 3.90. The Labute approximate surface area is 134 Å². The molecule has 1 rings (SSSR count). The molecule has 1 heteroatoms. The van der Waals surface area contributed by atoms with Crippen molar-refractivity contribution in [1.82, 2.24) is 5.32 Å². The lowest BCUT2D eigenvalue weighted by atomic mass is 9.71. The van der Waals surface area contributed by atoms with Crippen LogP contribution in [-0.4, -0.2) is 12.6 Å². The van der Waals surface area contributed by atoms with Crippen LogP contribution in [0, 0.1) is 29.1 Å². The minimum absolute atomic E-state index is 0.460. The molecule has 1 fully saturated rings. The summed E-state index contributed by atoms with van der Waals surface area (Å²) in [5.74, 6) is 3.56. The van der Waals surface area contributed by atoms with E-state index in [1.54, 1.807) is 0 Å². The van der Waals surface area contributed by atoms with Crippen LogP contribution >= 0.6 is 0 Å². The van der Waals surface area contributed by atoms with Gasteiger partial charge in [0.25, 0.3) is 0 Å². The highest BCUT2D eigenvalue weighted by atomic mass is 14.9. The zero-order chi connectivity index (χ0) is 16.0. The zero-order valence-electron chi connectivity index (χ0n) is 15.8. The van der Waals surface area contributed by atoms with Gasteiger partial charge in [0.05, 0.1) is 0 Å². The minimum atomic E-state index is 0.460. The molecule has 1 aliphatic rings. The molecule has 0 heterocycles. The van der Waals surface area contributed by atoms with Crippen molar-refractivity contribution in [2.45, 2.75) is 93.0 Å². The maximum Gasteiger partial charge on any atom is 0.00980 e. The van der Waals surface area contributed by atoms with E-state index >= 15 is 0 Å². The van der Waals surface area contributed by atoms with Crippen LogP contribution in [0.3, 0.4) is 0 Å². The molecule has 4 unspecified atom stereocenters. The minimum Gasteiger partial charge on any atom is -0.314 e. The first-order chi connectivity index (χ1) is 9.71. The predicted octanol–water partition coefficient (Wildman–Crippen LogP) is 5.89. The van der Waals surface area contributed by atoms with Gasteiger partial charge in [-0.05, 0) is 74.2 Å². The van der Waals surface area contributed by atoms with E-state index in [-0.39, 0.29) is 0 Å². The highest BCUT2D eigenvalue weighted by Crippen LogP contribution is 2.37. The molecule has 1 nitrogen and oxygen atoms in total. The maximum atomic E-state index is 3.90. The van der Waals surface area contributed by atoms with Crippen LogP contribution in [0.25, 0.3) is 0 Å². The van der Waals surface area contributed by atoms with Gasteiger partial charge in [-0.25, -0.2) is 0 Å². The standard InChI is InChI=1S/C20H41N/c1-8-9-21-19(13-17(4)14-20(5,6)7)18-11-15(2)10-16(3)12-18/h15-19,21H,8-14H2,1-7H3. The van der Waals surface area contributed by atoms with Gasteiger partial charge in [0, 0.05) is 6.04 Å². The normalized spacial score (nSPS) is 30.1. The molecule has 21 heavy (non-hydrogen) atoms. The molecule has 0 spiro atoms. The molecule has 0 aliphatic heterocycles. The summed E-state index contributed by atoms with van der Waals surface area (Å²) in [7, 11) is 0. The summed E-state index contributed by atoms with van der Waals surface area (Å²) in [6.07, 6.45) is 8.27. The van der Waals surface area contributed by atoms with Crippen molar-refractivity contribution in [2.24, 2.45) is 29.1 Å². The second kappa shape index (κ2) is 8.56. The largest absolute Gasteiger partial charge is 0.314 e. The monoisotopic (exact) mass is 295 g/mol. The van der Waals surface area contributed by atoms with Gasteiger partial charge in [0.15, 0.2) is 0 Å². The Morgan fingerprint density at radius 2 is 1.62 bits per heavy atom. The molecule has 1 saturated carbocycles. The van der Waals surface area contributed by atoms with Crippen molar-refractivity contribution < 1.29 is 0 Å². The Hall–Kier alpha value is -0.0400. The van der Waals surface area contributed by atoms with Gasteiger partial charge in [0.1, 0.15) is 0 Å². The Morgan fingerprint density at radius 3 is 2.10 bits per heavy atom. The van der Waals surface area contributed by atoms with E-state index < -0.39 is 0 Å². The summed E-state index contributed by atoms with van der Waals surface area (Å²) in [5, 5.41) is 3.90. The van der Waals surface area contributed by atoms with Crippen LogP contribution in [0.5, 0.6) is 0 Å². The van der Waals surface area contributed by atoms with Gasteiger partial charge in [0.2, 0.25) is 0 Å². The summed E-state index contributed by atoms with van der Waals surface area (Å²) in [4.78, 5) is 0. The lowest BCUT2D eigenvalue weighted by molar-refractivity contribution is 0.154. The first-order valence-electron chi connectivity index (χ1n) is 9.44. The summed E-state index contributed by atoms with van der Waals surface area (Å²) in [6.45, 7) is 18.0. The third-order valence-corrected chi connectivity index (χ3v) is 5.06. The molecule has 0 amide bonds. The average molecular weight is 296 g/mol. The van der Waals surface area contributed by atoms with Crippen molar-refractivity contribution in [2.75, 3.05) is 6.54 Å². The molecule has 1 aliphatic carbocycles. The van der Waals surface area contributed by atoms with E-state index in [1.807, 2.05) is 0 Å². The highest BCUT2D eigenvalue weighted by molar-refractivity contribution is 4.85. The average Bonchev–Trinajstić information content (AvgIpc) is 2.30. The first-order valence-corrected chi connectivity index (χ1v) is 9.44. The Morgan fingerprint density at radius 1 is 1.05 bits per heavy atom. The predicted molar refractivity (Wildman–Crippen MR) is 95.6 cm³/mol. The Bertz CT molecular complexity index is 268. The second-order valence-electron chi connectivity index (χ2n) is 9.34. The molecule has 0 saturated heterocycles. The first kappa shape index (κ1) is 19.0. The van der Waals surface area contributed by atoms with Crippen molar-refractivity contribution in [3.63, 3.8) is 0 Å². The fraction of sp³-hybridized carbons (Fsp3) is 1.00. The van der Waals surface area contributed by atoms with Crippen LogP contribution in [0.1, 0.15) is 87.0 Å². The summed E-state index contributed by atoms with van der Waals surface area (Å²) < 4.78 is 0. The topological polar surface area (TPSA) is 12.0 Å². The SMILES string of the molecule is CCCNC(CC(C)CC(C)(C)C)C1CC(C)CC(C)C1. The lowest BCUT2D eigenvalue weighted by Gasteiger charge is -2.38. The van der Waals surface area contributed by atoms with Gasteiger partial charge < -0.3 is 5.32 Å². The van der Waals surface area contributed by atoms with Gasteiger partial charge in [-0.3, -0.25) is 0 Å². The fourth-order valence-electron chi connectivity index (χ4n) is 4.67. The van der Waals surface area contributed by atoms with E-state index in [0.29, 0.717) is 5.41 Å². The van der Waals surface area contributed by atoms with Crippen LogP contribution in [0.2, 0.25) is 0 Å². The lowest BCUT2D eigenvalue weighted by Crippen LogP contribution is -2.41. The molecule has 0 aromatic rings. The number of nitrogens with one attached hydrogen (secondary N) is 1. The third kappa shape index (κ3) is 7.68.